The molecule has 3 aromatic heterocycles. The molecule has 2 aliphatic heterocycles. The number of hydrogen-bond acceptors (Lipinski definition) is 17. The number of phenols is 3. The maximum Gasteiger partial charge on any atom is 0.319 e. The number of nitrogens with one attached hydrogen (secondary N) is 4. The number of methoxy groups -OCH3 is 6. The van der Waals surface area contributed by atoms with E-state index in [9.17, 15) is 42.9 Å². The van der Waals surface area contributed by atoms with Crippen LogP contribution in [0.25, 0.3) is 40.9 Å². The van der Waals surface area contributed by atoms with E-state index in [-0.39, 0.29) is 88.5 Å². The van der Waals surface area contributed by atoms with Crippen LogP contribution in [0.3, 0.4) is 0 Å². The van der Waals surface area contributed by atoms with Crippen LogP contribution in [0.4, 0.5) is 18.0 Å². The van der Waals surface area contributed by atoms with Gasteiger partial charge in [-0.3, -0.25) is 14.6 Å². The Kier molecular flexibility index (Phi) is 23.0. The fourth-order valence-corrected chi connectivity index (χ4v) is 11.5. The minimum atomic E-state index is -0.652. The van der Waals surface area contributed by atoms with Crippen LogP contribution in [0.5, 0.6) is 51.7 Å². The van der Waals surface area contributed by atoms with E-state index in [2.05, 4.69) is 41.2 Å². The summed E-state index contributed by atoms with van der Waals surface area (Å²) < 4.78 is 73.4. The highest BCUT2D eigenvalue weighted by Crippen LogP contribution is 2.47. The Bertz CT molecular complexity index is 4650. The number of rotatable bonds is 20. The first-order valence-electron chi connectivity index (χ1n) is 31.5. The molecule has 0 saturated heterocycles. The monoisotopic (exact) mass is 1370 g/mol. The van der Waals surface area contributed by atoms with E-state index in [0.717, 1.165) is 33.5 Å². The van der Waals surface area contributed by atoms with Crippen molar-refractivity contribution in [3.63, 3.8) is 0 Å². The van der Waals surface area contributed by atoms with Gasteiger partial charge < -0.3 is 69.9 Å². The van der Waals surface area contributed by atoms with Gasteiger partial charge in [-0.25, -0.2) is 19.7 Å². The summed E-state index contributed by atoms with van der Waals surface area (Å²) in [5, 5.41) is 42.1. The lowest BCUT2D eigenvalue weighted by Crippen LogP contribution is -2.34. The van der Waals surface area contributed by atoms with Gasteiger partial charge >= 0.3 is 6.03 Å². The van der Waals surface area contributed by atoms with Crippen LogP contribution < -0.4 is 49.7 Å². The SMILES string of the molecule is COc1cc(/C=C2/C(C)=C(NC(=O)NCc3ccccc3)c3cnc(F)cc32)cc(OC)c1O.COc1cc(/C=C2/N=C(CC(=O)NCc3ccccc3)c3cc(F)ncc32)cc(OC)c1O.COc1cc(/C=C2\c3cnc(F)cc3C(CC(=O)NCc3ccccc3)N2C)cc(OC)c1O. The van der Waals surface area contributed by atoms with E-state index >= 15 is 0 Å². The van der Waals surface area contributed by atoms with E-state index in [1.54, 1.807) is 42.5 Å². The first-order valence-corrected chi connectivity index (χ1v) is 31.5. The van der Waals surface area contributed by atoms with Crippen molar-refractivity contribution in [2.75, 3.05) is 49.7 Å². The van der Waals surface area contributed by atoms with Crippen LogP contribution in [0.1, 0.15) is 92.6 Å². The molecule has 5 heterocycles. The standard InChI is InChI=1S/C26H26FN3O4.C26H24FN3O4.C25H22FN3O4/c1-30-20(9-17-10-22(33-2)26(32)23(11-17)34-3)19-15-28-24(27)12-18(19)21(30)13-25(31)29-14-16-7-5-4-6-8-16;1-15-18(9-17-10-21(33-2)25(31)22(11-17)34-3)19-12-23(27)28-14-20(19)24(15)30-26(32)29-13-16-7-5-4-6-8-16;1-32-21-9-16(10-22(33-2)25(21)31)8-19-18-14-27-23(26)11-17(18)20(29-19)12-24(30)28-13-15-6-4-3-5-7-15/h4-12,15,21,32H,13-14H2,1-3H3,(H,29,31);4-12,14,31H,13H2,1-3H3,(H2,29,30,32);3-11,14,31H,12-13H2,1-2H3,(H,28,30)/b20-9+;18-9-;19-8+. The summed E-state index contributed by atoms with van der Waals surface area (Å²) in [6.45, 7) is 3.01. The Balaban J connectivity index is 0.000000163. The molecule has 1 atom stereocenters. The lowest BCUT2D eigenvalue weighted by molar-refractivity contribution is -0.122. The molecular weight excluding hydrogens is 1300 g/mol. The molecule has 4 amide bonds. The first kappa shape index (κ1) is 71.2. The summed E-state index contributed by atoms with van der Waals surface area (Å²) in [4.78, 5) is 55.8. The summed E-state index contributed by atoms with van der Waals surface area (Å²) in [5.74, 6) is -1.08. The lowest BCUT2D eigenvalue weighted by atomic mass is 10.0. The number of fused-ring (bicyclic) bond motifs is 3. The van der Waals surface area contributed by atoms with Gasteiger partial charge in [0.1, 0.15) is 0 Å². The molecule has 101 heavy (non-hydrogen) atoms. The first-order chi connectivity index (χ1) is 48.8. The fourth-order valence-electron chi connectivity index (χ4n) is 11.5. The molecule has 24 heteroatoms. The van der Waals surface area contributed by atoms with Crippen LogP contribution in [0, 0.1) is 17.8 Å². The molecule has 0 radical (unpaired) electrons. The smallest absolute Gasteiger partial charge is 0.319 e. The van der Waals surface area contributed by atoms with E-state index < -0.39 is 17.8 Å². The zero-order valence-corrected chi connectivity index (χ0v) is 56.3. The Morgan fingerprint density at radius 2 is 0.901 bits per heavy atom. The largest absolute Gasteiger partial charge is 0.502 e. The van der Waals surface area contributed by atoms with Gasteiger partial charge in [0.15, 0.2) is 34.5 Å². The van der Waals surface area contributed by atoms with Crippen molar-refractivity contribution in [3.8, 4) is 51.7 Å². The minimum Gasteiger partial charge on any atom is -0.502 e. The second-order valence-corrected chi connectivity index (χ2v) is 23.0. The van der Waals surface area contributed by atoms with Crippen molar-refractivity contribution in [2.45, 2.75) is 45.4 Å². The van der Waals surface area contributed by atoms with Crippen LogP contribution in [0.2, 0.25) is 0 Å². The molecule has 1 aliphatic carbocycles. The van der Waals surface area contributed by atoms with Gasteiger partial charge in [-0.1, -0.05) is 91.0 Å². The molecule has 7 N–H and O–H groups in total. The summed E-state index contributed by atoms with van der Waals surface area (Å²) in [7, 11) is 10.5. The topological polar surface area (TPSA) is 270 Å². The summed E-state index contributed by atoms with van der Waals surface area (Å²) in [5.41, 5.74) is 12.4. The molecule has 12 rings (SSSR count). The van der Waals surface area contributed by atoms with Crippen molar-refractivity contribution < 1.29 is 71.3 Å². The third kappa shape index (κ3) is 17.0. The maximum absolute atomic E-state index is 14.1. The van der Waals surface area contributed by atoms with Crippen LogP contribution in [-0.2, 0) is 29.2 Å². The number of benzene rings is 6. The molecule has 0 bridgehead atoms. The van der Waals surface area contributed by atoms with E-state index in [1.165, 1.54) is 79.4 Å². The van der Waals surface area contributed by atoms with Crippen LogP contribution >= 0.6 is 0 Å². The highest BCUT2D eigenvalue weighted by molar-refractivity contribution is 6.18. The molecule has 1 unspecified atom stereocenters. The second kappa shape index (κ2) is 32.6. The zero-order chi connectivity index (χ0) is 71.9. The highest BCUT2D eigenvalue weighted by Gasteiger charge is 2.34. The number of urea groups is 1. The third-order valence-electron chi connectivity index (χ3n) is 16.6. The lowest BCUT2D eigenvalue weighted by Gasteiger charge is -2.23. The molecule has 9 aromatic rings. The van der Waals surface area contributed by atoms with Gasteiger partial charge in [-0.05, 0) is 123 Å². The van der Waals surface area contributed by atoms with Gasteiger partial charge in [-0.2, -0.15) is 13.2 Å². The molecule has 0 spiro atoms. The molecule has 3 aliphatic rings. The number of ether oxygens (including phenoxy) is 6. The summed E-state index contributed by atoms with van der Waals surface area (Å²) in [6, 6.07) is 41.9. The van der Waals surface area contributed by atoms with Crippen LogP contribution in [-0.4, -0.2) is 108 Å². The number of carbonyl (C=O) groups excluding carboxylic acids is 3. The van der Waals surface area contributed by atoms with Crippen molar-refractivity contribution in [2.24, 2.45) is 4.99 Å². The van der Waals surface area contributed by atoms with E-state index in [4.69, 9.17) is 28.4 Å². The highest BCUT2D eigenvalue weighted by atomic mass is 19.1. The number of amides is 4. The molecule has 0 saturated carbocycles. The number of carbonyl (C=O) groups is 3. The minimum absolute atomic E-state index is 0.0111. The second-order valence-electron chi connectivity index (χ2n) is 23.0. The predicted octanol–water partition coefficient (Wildman–Crippen LogP) is 12.8. The average molecular weight is 1370 g/mol. The normalized spacial score (nSPS) is 14.3. The Morgan fingerprint density at radius 3 is 1.38 bits per heavy atom. The molecule has 21 nitrogen and oxygen atoms in total. The number of phenolic OH excluding ortho intramolecular Hbond substituents is 3. The fraction of sp³-hybridized carbons (Fsp3) is 0.182. The van der Waals surface area contributed by atoms with E-state index in [0.29, 0.717) is 86.8 Å². The van der Waals surface area contributed by atoms with Crippen molar-refractivity contribution in [3.05, 3.63) is 254 Å². The number of aromatic nitrogens is 3. The number of halogens is 3. The number of pyridine rings is 3. The average Bonchev–Trinajstić information content (AvgIpc) is 1.63. The summed E-state index contributed by atoms with van der Waals surface area (Å²) in [6.07, 6.45) is 9.83. The molecule has 0 fully saturated rings. The van der Waals surface area contributed by atoms with Gasteiger partial charge in [0, 0.05) is 85.4 Å². The quantitative estimate of drug-likeness (QED) is 0.0350. The van der Waals surface area contributed by atoms with Crippen LogP contribution in [0.15, 0.2) is 175 Å². The summed E-state index contributed by atoms with van der Waals surface area (Å²) >= 11 is 0. The Morgan fingerprint density at radius 1 is 0.495 bits per heavy atom. The number of aromatic hydroxyl groups is 3. The Labute approximate surface area is 580 Å². The Hall–Kier alpha value is -12.6. The number of hydrogen-bond donors (Lipinski definition) is 7. The molecular formula is C77H72F3N9O12. The van der Waals surface area contributed by atoms with Gasteiger partial charge in [0.2, 0.25) is 46.9 Å². The van der Waals surface area contributed by atoms with Gasteiger partial charge in [-0.15, -0.1) is 0 Å². The van der Waals surface area contributed by atoms with E-state index in [1.807, 2.05) is 122 Å². The van der Waals surface area contributed by atoms with Gasteiger partial charge in [0.05, 0.1) is 78.6 Å². The predicted molar refractivity (Wildman–Crippen MR) is 377 cm³/mol. The zero-order valence-electron chi connectivity index (χ0n) is 56.3. The molecule has 518 valence electrons. The van der Waals surface area contributed by atoms with Crippen molar-refractivity contribution in [1.82, 2.24) is 41.1 Å². The number of aliphatic imine (C=N–C) groups is 1. The third-order valence-corrected chi connectivity index (χ3v) is 16.6. The number of nitrogens with zero attached hydrogens (tertiary/aromatic N) is 5. The number of allylic oxidation sites excluding steroid dienone is 2. The van der Waals surface area contributed by atoms with Crippen molar-refractivity contribution >= 4 is 64.4 Å². The maximum atomic E-state index is 14.1. The van der Waals surface area contributed by atoms with Gasteiger partial charge in [0.25, 0.3) is 0 Å². The van der Waals surface area contributed by atoms with Crippen molar-refractivity contribution in [1.29, 1.82) is 0 Å². The molecule has 6 aromatic carbocycles.